The van der Waals surface area contributed by atoms with E-state index in [4.69, 9.17) is 4.98 Å². The molecule has 2 atom stereocenters. The Labute approximate surface area is 297 Å². The molecule has 14 heteroatoms. The molecule has 4 amide bonds. The summed E-state index contributed by atoms with van der Waals surface area (Å²) in [7, 11) is 1.76. The van der Waals surface area contributed by atoms with Crippen molar-refractivity contribution in [3.05, 3.63) is 76.2 Å². The number of nitrogens with zero attached hydrogens (tertiary/aromatic N) is 7. The van der Waals surface area contributed by atoms with Gasteiger partial charge in [0.05, 0.1) is 35.7 Å². The van der Waals surface area contributed by atoms with E-state index in [-0.39, 0.29) is 43.1 Å². The first-order valence-electron chi connectivity index (χ1n) is 16.8. The summed E-state index contributed by atoms with van der Waals surface area (Å²) in [6.45, 7) is 1.97. The molecule has 0 aliphatic carbocycles. The van der Waals surface area contributed by atoms with Gasteiger partial charge < -0.3 is 14.6 Å². The van der Waals surface area contributed by atoms with Gasteiger partial charge in [-0.25, -0.2) is 4.98 Å². The van der Waals surface area contributed by atoms with Gasteiger partial charge in [-0.15, -0.1) is 0 Å². The van der Waals surface area contributed by atoms with Crippen LogP contribution in [0.3, 0.4) is 0 Å². The van der Waals surface area contributed by atoms with Crippen LogP contribution in [0.4, 0.5) is 0 Å². The molecule has 13 nitrogen and oxygen atoms in total. The van der Waals surface area contributed by atoms with Crippen molar-refractivity contribution in [1.82, 2.24) is 39.8 Å². The fourth-order valence-corrected chi connectivity index (χ4v) is 7.73. The molecule has 4 aromatic rings. The second-order valence-electron chi connectivity index (χ2n) is 13.2. The molecule has 3 aliphatic heterocycles. The fourth-order valence-electron chi connectivity index (χ4n) is 7.29. The molecule has 2 fully saturated rings. The van der Waals surface area contributed by atoms with Crippen molar-refractivity contribution < 1.29 is 24.0 Å². The normalized spacial score (nSPS) is 19.0. The SMILES string of the molecule is CN(Cc1ccc2c(c1)CN(C1CCC(=O)NC1=O)C2=O)C(=O)C(CCC=O)N1CCC(n2cc(-c3cnc4cccc(Br)c4n3)cn2)CC1. The van der Waals surface area contributed by atoms with E-state index in [1.54, 1.807) is 24.2 Å². The Kier molecular flexibility index (Phi) is 9.56. The van der Waals surface area contributed by atoms with Gasteiger partial charge in [0, 0.05) is 67.9 Å². The quantitative estimate of drug-likeness (QED) is 0.190. The molecule has 50 heavy (non-hydrogen) atoms. The minimum Gasteiger partial charge on any atom is -0.340 e. The first kappa shape index (κ1) is 33.7. The molecule has 3 aliphatic rings. The van der Waals surface area contributed by atoms with Crippen LogP contribution in [0.25, 0.3) is 22.3 Å². The average molecular weight is 742 g/mol. The van der Waals surface area contributed by atoms with Crippen LogP contribution in [0.15, 0.2) is 59.5 Å². The number of aldehydes is 1. The zero-order valence-electron chi connectivity index (χ0n) is 27.6. The highest BCUT2D eigenvalue weighted by molar-refractivity contribution is 9.10. The highest BCUT2D eigenvalue weighted by Gasteiger charge is 2.39. The van der Waals surface area contributed by atoms with Crippen LogP contribution < -0.4 is 5.32 Å². The van der Waals surface area contributed by atoms with E-state index in [0.29, 0.717) is 38.0 Å². The maximum atomic E-state index is 13.9. The second-order valence-corrected chi connectivity index (χ2v) is 14.0. The molecule has 0 spiro atoms. The molecule has 0 radical (unpaired) electrons. The van der Waals surface area contributed by atoms with E-state index in [1.807, 2.05) is 47.4 Å². The van der Waals surface area contributed by atoms with Crippen molar-refractivity contribution in [3.63, 3.8) is 0 Å². The van der Waals surface area contributed by atoms with Crippen LogP contribution in [0.2, 0.25) is 0 Å². The number of amides is 4. The first-order chi connectivity index (χ1) is 24.2. The number of carbonyl (C=O) groups is 5. The number of hydrogen-bond acceptors (Lipinski definition) is 9. The number of likely N-dealkylation sites (N-methyl/N-ethyl adjacent to an activating group) is 1. The summed E-state index contributed by atoms with van der Waals surface area (Å²) >= 11 is 3.56. The van der Waals surface area contributed by atoms with Crippen LogP contribution >= 0.6 is 15.9 Å². The number of nitrogens with one attached hydrogen (secondary N) is 1. The number of halogens is 1. The molecule has 2 unspecified atom stereocenters. The monoisotopic (exact) mass is 740 g/mol. The highest BCUT2D eigenvalue weighted by atomic mass is 79.9. The predicted molar refractivity (Wildman–Crippen MR) is 186 cm³/mol. The molecular weight excluding hydrogens is 704 g/mol. The zero-order chi connectivity index (χ0) is 34.9. The van der Waals surface area contributed by atoms with Gasteiger partial charge in [-0.1, -0.05) is 18.2 Å². The van der Waals surface area contributed by atoms with Crippen LogP contribution in [0.1, 0.15) is 66.1 Å². The van der Waals surface area contributed by atoms with Crippen molar-refractivity contribution in [1.29, 1.82) is 0 Å². The predicted octanol–water partition coefficient (Wildman–Crippen LogP) is 3.66. The lowest BCUT2D eigenvalue weighted by molar-refractivity contribution is -0.138. The Balaban J connectivity index is 0.981. The van der Waals surface area contributed by atoms with E-state index in [0.717, 1.165) is 57.0 Å². The van der Waals surface area contributed by atoms with Gasteiger partial charge in [0.1, 0.15) is 17.8 Å². The van der Waals surface area contributed by atoms with Crippen molar-refractivity contribution in [2.24, 2.45) is 0 Å². The lowest BCUT2D eigenvalue weighted by Crippen LogP contribution is -2.52. The summed E-state index contributed by atoms with van der Waals surface area (Å²) in [6.07, 6.45) is 9.24. The Morgan fingerprint density at radius 1 is 1.12 bits per heavy atom. The Morgan fingerprint density at radius 3 is 2.72 bits per heavy atom. The minimum atomic E-state index is -0.681. The van der Waals surface area contributed by atoms with E-state index in [9.17, 15) is 24.0 Å². The van der Waals surface area contributed by atoms with E-state index in [2.05, 4.69) is 36.2 Å². The number of imide groups is 1. The van der Waals surface area contributed by atoms with Crippen molar-refractivity contribution in [3.8, 4) is 11.3 Å². The first-order valence-corrected chi connectivity index (χ1v) is 17.6. The summed E-state index contributed by atoms with van der Waals surface area (Å²) in [5, 5.41) is 6.98. The van der Waals surface area contributed by atoms with E-state index < -0.39 is 18.0 Å². The van der Waals surface area contributed by atoms with Gasteiger partial charge in [-0.2, -0.15) is 5.10 Å². The molecule has 0 bridgehead atoms. The third-order valence-electron chi connectivity index (χ3n) is 9.96. The fraction of sp³-hybridized carbons (Fsp3) is 0.389. The molecule has 2 aromatic carbocycles. The van der Waals surface area contributed by atoms with Crippen molar-refractivity contribution >= 4 is 56.9 Å². The molecule has 1 N–H and O–H groups in total. The smallest absolute Gasteiger partial charge is 0.255 e. The third-order valence-corrected chi connectivity index (χ3v) is 10.6. The summed E-state index contributed by atoms with van der Waals surface area (Å²) in [6, 6.07) is 10.3. The van der Waals surface area contributed by atoms with Gasteiger partial charge in [-0.05, 0) is 70.9 Å². The Bertz CT molecular complexity index is 1990. The van der Waals surface area contributed by atoms with Crippen molar-refractivity contribution in [2.75, 3.05) is 20.1 Å². The zero-order valence-corrected chi connectivity index (χ0v) is 29.2. The number of rotatable bonds is 10. The topological polar surface area (TPSA) is 151 Å². The number of piperidine rings is 2. The van der Waals surface area contributed by atoms with Crippen LogP contribution in [0, 0.1) is 0 Å². The largest absolute Gasteiger partial charge is 0.340 e. The number of fused-ring (bicyclic) bond motifs is 2. The molecule has 2 saturated heterocycles. The van der Waals surface area contributed by atoms with E-state index in [1.165, 1.54) is 4.90 Å². The number of carbonyl (C=O) groups excluding carboxylic acids is 5. The van der Waals surface area contributed by atoms with Gasteiger partial charge in [-0.3, -0.25) is 39.1 Å². The standard InChI is InChI=1S/C36H37BrN8O5/c1-42(19-22-7-8-26-23(16-22)20-44(35(26)49)30-9-10-32(47)41-34(30)48)36(50)31(6-3-15-46)43-13-11-25(12-14-43)45-21-24(17-39-45)29-18-38-28-5-2-4-27(37)33(28)40-29/h2,4-5,7-8,15-18,21,25,30-31H,3,6,9-14,19-20H2,1H3,(H,41,47,48). The van der Waals surface area contributed by atoms with Gasteiger partial charge in [0.25, 0.3) is 5.91 Å². The van der Waals surface area contributed by atoms with Gasteiger partial charge in [0.15, 0.2) is 0 Å². The maximum Gasteiger partial charge on any atom is 0.255 e. The number of benzene rings is 2. The maximum absolute atomic E-state index is 13.9. The molecule has 5 heterocycles. The second kappa shape index (κ2) is 14.2. The van der Waals surface area contributed by atoms with Crippen LogP contribution in [-0.2, 0) is 32.3 Å². The molecule has 7 rings (SSSR count). The minimum absolute atomic E-state index is 0.0607. The van der Waals surface area contributed by atoms with Crippen LogP contribution in [0.5, 0.6) is 0 Å². The molecular formula is C36H37BrN8O5. The molecule has 258 valence electrons. The van der Waals surface area contributed by atoms with Crippen molar-refractivity contribution in [2.45, 2.75) is 69.7 Å². The Morgan fingerprint density at radius 2 is 1.94 bits per heavy atom. The van der Waals surface area contributed by atoms with Gasteiger partial charge >= 0.3 is 0 Å². The Hall–Kier alpha value is -4.82. The lowest BCUT2D eigenvalue weighted by Gasteiger charge is -2.38. The number of para-hydroxylation sites is 1. The lowest BCUT2D eigenvalue weighted by atomic mass is 10.00. The van der Waals surface area contributed by atoms with Crippen LogP contribution in [-0.4, -0.2) is 96.6 Å². The summed E-state index contributed by atoms with van der Waals surface area (Å²) < 4.78 is 2.86. The van der Waals surface area contributed by atoms with Gasteiger partial charge in [0.2, 0.25) is 17.7 Å². The summed E-state index contributed by atoms with van der Waals surface area (Å²) in [5.41, 5.74) is 5.43. The third kappa shape index (κ3) is 6.69. The average Bonchev–Trinajstić information content (AvgIpc) is 3.74. The number of hydrogen-bond donors (Lipinski definition) is 1. The summed E-state index contributed by atoms with van der Waals surface area (Å²) in [4.78, 5) is 77.2. The summed E-state index contributed by atoms with van der Waals surface area (Å²) in [5.74, 6) is -1.06. The number of likely N-dealkylation sites (tertiary alicyclic amines) is 1. The van der Waals surface area contributed by atoms with E-state index >= 15 is 0 Å². The molecule has 2 aromatic heterocycles. The number of aromatic nitrogens is 4. The molecule has 0 saturated carbocycles. The highest BCUT2D eigenvalue weighted by Crippen LogP contribution is 2.30.